The Balaban J connectivity index is 1.40. The molecule has 2 aromatic carbocycles. The van der Waals surface area contributed by atoms with E-state index in [1.54, 1.807) is 0 Å². The molecule has 0 unspecified atom stereocenters. The van der Waals surface area contributed by atoms with Crippen LogP contribution in [-0.4, -0.2) is 22.0 Å². The molecule has 0 saturated heterocycles. The molecule has 0 bridgehead atoms. The molecule has 0 spiro atoms. The largest absolute Gasteiger partial charge is 0.356 e. The van der Waals surface area contributed by atoms with Gasteiger partial charge in [-0.2, -0.15) is 0 Å². The molecule has 0 aliphatic heterocycles. The lowest BCUT2D eigenvalue weighted by Gasteiger charge is -2.07. The van der Waals surface area contributed by atoms with Gasteiger partial charge in [0.25, 0.3) is 0 Å². The molecule has 4 nitrogen and oxygen atoms in total. The Kier molecular flexibility index (Phi) is 6.42. The maximum atomic E-state index is 12.1. The first-order valence-corrected chi connectivity index (χ1v) is 9.50. The van der Waals surface area contributed by atoms with Crippen LogP contribution < -0.4 is 5.32 Å². The van der Waals surface area contributed by atoms with Crippen molar-refractivity contribution in [1.29, 1.82) is 0 Å². The van der Waals surface area contributed by atoms with Crippen molar-refractivity contribution in [2.45, 2.75) is 45.6 Å². The number of para-hydroxylation sites is 2. The van der Waals surface area contributed by atoms with E-state index in [4.69, 9.17) is 0 Å². The Morgan fingerprint density at radius 3 is 2.62 bits per heavy atom. The second kappa shape index (κ2) is 9.18. The van der Waals surface area contributed by atoms with E-state index in [1.165, 1.54) is 18.4 Å². The molecule has 0 aliphatic carbocycles. The highest BCUT2D eigenvalue weighted by Crippen LogP contribution is 2.12. The van der Waals surface area contributed by atoms with E-state index in [9.17, 15) is 4.79 Å². The number of imidazole rings is 1. The van der Waals surface area contributed by atoms with Gasteiger partial charge in [-0.15, -0.1) is 0 Å². The molecule has 1 N–H and O–H groups in total. The fraction of sp³-hybridized carbons (Fsp3) is 0.364. The van der Waals surface area contributed by atoms with Crippen LogP contribution in [0.4, 0.5) is 0 Å². The first-order chi connectivity index (χ1) is 12.8. The molecular formula is C22H27N3O. The van der Waals surface area contributed by atoms with Gasteiger partial charge >= 0.3 is 0 Å². The first-order valence-electron chi connectivity index (χ1n) is 9.50. The third kappa shape index (κ3) is 4.94. The quantitative estimate of drug-likeness (QED) is 0.591. The lowest BCUT2D eigenvalue weighted by molar-refractivity contribution is -0.120. The van der Waals surface area contributed by atoms with Gasteiger partial charge in [-0.05, 0) is 42.5 Å². The van der Waals surface area contributed by atoms with E-state index in [-0.39, 0.29) is 5.91 Å². The Morgan fingerprint density at radius 1 is 1.04 bits per heavy atom. The zero-order valence-electron chi connectivity index (χ0n) is 15.4. The Hall–Kier alpha value is -2.62. The highest BCUT2D eigenvalue weighted by atomic mass is 16.1. The summed E-state index contributed by atoms with van der Waals surface area (Å²) in [6.07, 6.45) is 6.74. The van der Waals surface area contributed by atoms with Crippen molar-refractivity contribution in [2.24, 2.45) is 0 Å². The van der Waals surface area contributed by atoms with Crippen LogP contribution in [0.15, 0.2) is 54.9 Å². The molecule has 1 aromatic heterocycles. The predicted molar refractivity (Wildman–Crippen MR) is 106 cm³/mol. The Bertz CT molecular complexity index is 836. The third-order valence-electron chi connectivity index (χ3n) is 4.63. The maximum Gasteiger partial charge on any atom is 0.224 e. The average molecular weight is 349 g/mol. The predicted octanol–water partition coefficient (Wildman–Crippen LogP) is 4.13. The molecule has 3 aromatic rings. The van der Waals surface area contributed by atoms with Crippen molar-refractivity contribution >= 4 is 16.9 Å². The van der Waals surface area contributed by atoms with E-state index in [2.05, 4.69) is 52.1 Å². The molecule has 0 fully saturated rings. The van der Waals surface area contributed by atoms with E-state index < -0.39 is 0 Å². The zero-order valence-corrected chi connectivity index (χ0v) is 15.4. The van der Waals surface area contributed by atoms with Crippen molar-refractivity contribution in [3.63, 3.8) is 0 Å². The molecule has 1 heterocycles. The van der Waals surface area contributed by atoms with Crippen molar-refractivity contribution in [1.82, 2.24) is 14.9 Å². The number of nitrogens with one attached hydrogen (secondary N) is 1. The van der Waals surface area contributed by atoms with Crippen LogP contribution in [0.25, 0.3) is 11.0 Å². The number of amides is 1. The molecule has 136 valence electrons. The summed E-state index contributed by atoms with van der Waals surface area (Å²) in [6, 6.07) is 16.5. The molecule has 0 atom stereocenters. The number of unbranched alkanes of at least 4 members (excludes halogenated alkanes) is 1. The molecular weight excluding hydrogens is 322 g/mol. The molecule has 4 heteroatoms. The fourth-order valence-electron chi connectivity index (χ4n) is 3.12. The summed E-state index contributed by atoms with van der Waals surface area (Å²) in [4.78, 5) is 16.5. The monoisotopic (exact) mass is 349 g/mol. The van der Waals surface area contributed by atoms with Crippen LogP contribution in [0.1, 0.15) is 37.3 Å². The van der Waals surface area contributed by atoms with Crippen LogP contribution in [0.3, 0.4) is 0 Å². The van der Waals surface area contributed by atoms with Gasteiger partial charge in [-0.25, -0.2) is 4.98 Å². The lowest BCUT2D eigenvalue weighted by atomic mass is 10.0. The highest BCUT2D eigenvalue weighted by molar-refractivity contribution is 5.78. The molecule has 0 aliphatic rings. The molecule has 0 radical (unpaired) electrons. The van der Waals surface area contributed by atoms with Gasteiger partial charge in [0.05, 0.1) is 23.8 Å². The summed E-state index contributed by atoms with van der Waals surface area (Å²) in [6.45, 7) is 3.74. The topological polar surface area (TPSA) is 46.9 Å². The summed E-state index contributed by atoms with van der Waals surface area (Å²) >= 11 is 0. The maximum absolute atomic E-state index is 12.1. The van der Waals surface area contributed by atoms with E-state index in [1.807, 2.05) is 24.5 Å². The summed E-state index contributed by atoms with van der Waals surface area (Å²) in [7, 11) is 0. The summed E-state index contributed by atoms with van der Waals surface area (Å²) in [5.74, 6) is 0.0850. The summed E-state index contributed by atoms with van der Waals surface area (Å²) in [5.41, 5.74) is 4.58. The van der Waals surface area contributed by atoms with E-state index in [0.717, 1.165) is 36.0 Å². The zero-order chi connectivity index (χ0) is 18.2. The molecule has 0 saturated carbocycles. The smallest absolute Gasteiger partial charge is 0.224 e. The van der Waals surface area contributed by atoms with Gasteiger partial charge in [0.15, 0.2) is 0 Å². The Morgan fingerprint density at radius 2 is 1.81 bits per heavy atom. The first kappa shape index (κ1) is 18.2. The number of fused-ring (bicyclic) bond motifs is 1. The minimum Gasteiger partial charge on any atom is -0.356 e. The summed E-state index contributed by atoms with van der Waals surface area (Å²) < 4.78 is 2.14. The average Bonchev–Trinajstić information content (AvgIpc) is 3.08. The lowest BCUT2D eigenvalue weighted by Crippen LogP contribution is -2.26. The number of nitrogens with zero attached hydrogens (tertiary/aromatic N) is 2. The second-order valence-corrected chi connectivity index (χ2v) is 6.73. The number of aryl methyl sites for hydroxylation is 2. The highest BCUT2D eigenvalue weighted by Gasteiger charge is 2.04. The minimum atomic E-state index is 0.0850. The van der Waals surface area contributed by atoms with Crippen molar-refractivity contribution in [3.8, 4) is 0 Å². The van der Waals surface area contributed by atoms with Crippen LogP contribution in [0.2, 0.25) is 0 Å². The number of hydrogen-bond acceptors (Lipinski definition) is 2. The van der Waals surface area contributed by atoms with Crippen LogP contribution in [0.5, 0.6) is 0 Å². The minimum absolute atomic E-state index is 0.0850. The number of rotatable bonds is 9. The Labute approximate surface area is 155 Å². The van der Waals surface area contributed by atoms with Crippen LogP contribution >= 0.6 is 0 Å². The number of benzene rings is 2. The number of carbonyl (C=O) groups excluding carboxylic acids is 1. The van der Waals surface area contributed by atoms with Crippen molar-refractivity contribution in [3.05, 3.63) is 66.0 Å². The van der Waals surface area contributed by atoms with Gasteiger partial charge in [0.1, 0.15) is 0 Å². The van der Waals surface area contributed by atoms with Gasteiger partial charge in [0.2, 0.25) is 5.91 Å². The SMILES string of the molecule is CCCCc1ccc(CC(=O)NCCCn2cnc3ccccc32)cc1. The van der Waals surface area contributed by atoms with Gasteiger partial charge < -0.3 is 9.88 Å². The standard InChI is InChI=1S/C22H27N3O/c1-2-3-7-18-10-12-19(13-11-18)16-22(26)23-14-6-15-25-17-24-20-8-4-5-9-21(20)25/h4-5,8-13,17H,2-3,6-7,14-16H2,1H3,(H,23,26). The fourth-order valence-corrected chi connectivity index (χ4v) is 3.12. The number of carbonyl (C=O) groups is 1. The molecule has 1 amide bonds. The van der Waals surface area contributed by atoms with Gasteiger partial charge in [-0.3, -0.25) is 4.79 Å². The summed E-state index contributed by atoms with van der Waals surface area (Å²) in [5, 5.41) is 3.02. The van der Waals surface area contributed by atoms with E-state index >= 15 is 0 Å². The second-order valence-electron chi connectivity index (χ2n) is 6.73. The van der Waals surface area contributed by atoms with Crippen LogP contribution in [0, 0.1) is 0 Å². The number of hydrogen-bond donors (Lipinski definition) is 1. The van der Waals surface area contributed by atoms with Gasteiger partial charge in [0, 0.05) is 13.1 Å². The van der Waals surface area contributed by atoms with E-state index in [0.29, 0.717) is 13.0 Å². The van der Waals surface area contributed by atoms with Crippen LogP contribution in [-0.2, 0) is 24.2 Å². The number of aromatic nitrogens is 2. The van der Waals surface area contributed by atoms with Crippen molar-refractivity contribution < 1.29 is 4.79 Å². The van der Waals surface area contributed by atoms with Crippen molar-refractivity contribution in [2.75, 3.05) is 6.54 Å². The van der Waals surface area contributed by atoms with Gasteiger partial charge in [-0.1, -0.05) is 49.7 Å². The molecule has 26 heavy (non-hydrogen) atoms. The molecule has 3 rings (SSSR count). The third-order valence-corrected chi connectivity index (χ3v) is 4.63. The normalized spacial score (nSPS) is 11.0.